The zero-order valence-electron chi connectivity index (χ0n) is 10.7. The molecule has 2 nitrogen and oxygen atoms in total. The highest BCUT2D eigenvalue weighted by Crippen LogP contribution is 2.11. The number of pyridine rings is 1. The summed E-state index contributed by atoms with van der Waals surface area (Å²) in [7, 11) is 0. The van der Waals surface area contributed by atoms with Gasteiger partial charge >= 0.3 is 0 Å². The third kappa shape index (κ3) is 5.26. The van der Waals surface area contributed by atoms with Crippen LogP contribution in [-0.2, 0) is 6.42 Å². The summed E-state index contributed by atoms with van der Waals surface area (Å²) in [6.07, 6.45) is 7.44. The third-order valence-electron chi connectivity index (χ3n) is 2.79. The number of hydrogen-bond donors (Lipinski definition) is 1. The van der Waals surface area contributed by atoms with Crippen molar-refractivity contribution in [2.75, 3.05) is 6.54 Å². The molecule has 1 aromatic rings. The Kier molecular flexibility index (Phi) is 6.09. The molecular weight excluding hydrogens is 196 g/mol. The summed E-state index contributed by atoms with van der Waals surface area (Å²) in [6.45, 7) is 7.79. The van der Waals surface area contributed by atoms with Crippen LogP contribution in [0.2, 0.25) is 0 Å². The van der Waals surface area contributed by atoms with E-state index in [4.69, 9.17) is 0 Å². The quantitative estimate of drug-likeness (QED) is 0.764. The molecule has 0 spiro atoms. The van der Waals surface area contributed by atoms with Crippen LogP contribution in [0, 0.1) is 5.92 Å². The minimum Gasteiger partial charge on any atom is -0.314 e. The minimum absolute atomic E-state index is 0.594. The van der Waals surface area contributed by atoms with Crippen LogP contribution in [0.1, 0.15) is 39.2 Å². The lowest BCUT2D eigenvalue weighted by atomic mass is 9.98. The molecule has 1 heterocycles. The largest absolute Gasteiger partial charge is 0.314 e. The maximum absolute atomic E-state index is 4.17. The molecule has 1 N–H and O–H groups in total. The van der Waals surface area contributed by atoms with Crippen molar-refractivity contribution in [3.63, 3.8) is 0 Å². The molecule has 1 atom stereocenters. The first-order valence-corrected chi connectivity index (χ1v) is 6.34. The van der Waals surface area contributed by atoms with Crippen molar-refractivity contribution in [3.8, 4) is 0 Å². The fourth-order valence-corrected chi connectivity index (χ4v) is 1.90. The number of aromatic nitrogens is 1. The van der Waals surface area contributed by atoms with Gasteiger partial charge in [-0.05, 0) is 43.4 Å². The highest BCUT2D eigenvalue weighted by atomic mass is 14.9. The van der Waals surface area contributed by atoms with Crippen LogP contribution >= 0.6 is 0 Å². The van der Waals surface area contributed by atoms with Gasteiger partial charge in [-0.2, -0.15) is 0 Å². The molecule has 1 aromatic heterocycles. The lowest BCUT2D eigenvalue weighted by molar-refractivity contribution is 0.434. The van der Waals surface area contributed by atoms with E-state index in [0.717, 1.165) is 18.9 Å². The van der Waals surface area contributed by atoms with Crippen molar-refractivity contribution in [2.24, 2.45) is 5.92 Å². The second kappa shape index (κ2) is 7.39. The third-order valence-corrected chi connectivity index (χ3v) is 2.79. The lowest BCUT2D eigenvalue weighted by Gasteiger charge is -2.18. The van der Waals surface area contributed by atoms with Crippen molar-refractivity contribution in [1.29, 1.82) is 0 Å². The van der Waals surface area contributed by atoms with Crippen molar-refractivity contribution < 1.29 is 0 Å². The monoisotopic (exact) mass is 220 g/mol. The van der Waals surface area contributed by atoms with Crippen LogP contribution in [0.15, 0.2) is 24.5 Å². The normalized spacial score (nSPS) is 13.0. The van der Waals surface area contributed by atoms with E-state index in [2.05, 4.69) is 37.1 Å². The van der Waals surface area contributed by atoms with Gasteiger partial charge in [-0.1, -0.05) is 26.8 Å². The first-order valence-electron chi connectivity index (χ1n) is 6.34. The SMILES string of the molecule is CCNC(CCC(C)C)Cc1cccnc1. The zero-order chi connectivity index (χ0) is 11.8. The maximum atomic E-state index is 4.17. The molecule has 0 aliphatic heterocycles. The molecule has 2 heteroatoms. The van der Waals surface area contributed by atoms with Gasteiger partial charge in [0.15, 0.2) is 0 Å². The van der Waals surface area contributed by atoms with Gasteiger partial charge in [-0.3, -0.25) is 4.98 Å². The molecule has 0 aliphatic carbocycles. The Morgan fingerprint density at radius 2 is 2.12 bits per heavy atom. The van der Waals surface area contributed by atoms with Crippen molar-refractivity contribution in [2.45, 2.75) is 46.1 Å². The highest BCUT2D eigenvalue weighted by Gasteiger charge is 2.09. The standard InChI is InChI=1S/C14H24N2/c1-4-16-14(8-7-12(2)3)10-13-6-5-9-15-11-13/h5-6,9,11-12,14,16H,4,7-8,10H2,1-3H3. The molecular formula is C14H24N2. The predicted octanol–water partition coefficient (Wildman–Crippen LogP) is 3.04. The topological polar surface area (TPSA) is 24.9 Å². The van der Waals surface area contributed by atoms with Crippen molar-refractivity contribution in [1.82, 2.24) is 10.3 Å². The van der Waals surface area contributed by atoms with E-state index in [1.807, 2.05) is 18.5 Å². The van der Waals surface area contributed by atoms with Crippen LogP contribution < -0.4 is 5.32 Å². The molecule has 0 radical (unpaired) electrons. The summed E-state index contributed by atoms with van der Waals surface area (Å²) in [5, 5.41) is 3.56. The second-order valence-corrected chi connectivity index (χ2v) is 4.79. The number of nitrogens with zero attached hydrogens (tertiary/aromatic N) is 1. The second-order valence-electron chi connectivity index (χ2n) is 4.79. The Morgan fingerprint density at radius 1 is 1.31 bits per heavy atom. The summed E-state index contributed by atoms with van der Waals surface area (Å²) in [5.74, 6) is 0.787. The molecule has 0 aliphatic rings. The van der Waals surface area contributed by atoms with E-state index in [0.29, 0.717) is 6.04 Å². The van der Waals surface area contributed by atoms with Gasteiger partial charge in [0.25, 0.3) is 0 Å². The zero-order valence-corrected chi connectivity index (χ0v) is 10.7. The Labute approximate surface area is 99.5 Å². The number of likely N-dealkylation sites (N-methyl/N-ethyl adjacent to an activating group) is 1. The van der Waals surface area contributed by atoms with Crippen molar-refractivity contribution in [3.05, 3.63) is 30.1 Å². The van der Waals surface area contributed by atoms with Gasteiger partial charge in [0.05, 0.1) is 0 Å². The molecule has 16 heavy (non-hydrogen) atoms. The van der Waals surface area contributed by atoms with Gasteiger partial charge in [0.1, 0.15) is 0 Å². The van der Waals surface area contributed by atoms with E-state index in [-0.39, 0.29) is 0 Å². The van der Waals surface area contributed by atoms with Gasteiger partial charge in [0.2, 0.25) is 0 Å². The van der Waals surface area contributed by atoms with E-state index < -0.39 is 0 Å². The van der Waals surface area contributed by atoms with Gasteiger partial charge in [-0.15, -0.1) is 0 Å². The molecule has 90 valence electrons. The summed E-state index contributed by atoms with van der Waals surface area (Å²) in [5.41, 5.74) is 1.33. The number of hydrogen-bond acceptors (Lipinski definition) is 2. The average Bonchev–Trinajstić information content (AvgIpc) is 2.27. The number of nitrogens with one attached hydrogen (secondary N) is 1. The van der Waals surface area contributed by atoms with E-state index in [9.17, 15) is 0 Å². The van der Waals surface area contributed by atoms with E-state index in [1.54, 1.807) is 0 Å². The number of rotatable bonds is 7. The molecule has 1 rings (SSSR count). The molecule has 0 aromatic carbocycles. The Bertz CT molecular complexity index is 269. The van der Waals surface area contributed by atoms with Gasteiger partial charge in [-0.25, -0.2) is 0 Å². The van der Waals surface area contributed by atoms with E-state index >= 15 is 0 Å². The molecule has 1 unspecified atom stereocenters. The molecule has 0 bridgehead atoms. The van der Waals surface area contributed by atoms with Crippen molar-refractivity contribution >= 4 is 0 Å². The van der Waals surface area contributed by atoms with Gasteiger partial charge in [0, 0.05) is 18.4 Å². The van der Waals surface area contributed by atoms with Gasteiger partial charge < -0.3 is 5.32 Å². The Balaban J connectivity index is 2.44. The fraction of sp³-hybridized carbons (Fsp3) is 0.643. The Hall–Kier alpha value is -0.890. The maximum Gasteiger partial charge on any atom is 0.0300 e. The summed E-state index contributed by atoms with van der Waals surface area (Å²) in [4.78, 5) is 4.17. The van der Waals surface area contributed by atoms with Crippen LogP contribution in [0.3, 0.4) is 0 Å². The summed E-state index contributed by atoms with van der Waals surface area (Å²) >= 11 is 0. The molecule has 0 amide bonds. The fourth-order valence-electron chi connectivity index (χ4n) is 1.90. The lowest BCUT2D eigenvalue weighted by Crippen LogP contribution is -2.31. The van der Waals surface area contributed by atoms with Crippen LogP contribution in [-0.4, -0.2) is 17.6 Å². The smallest absolute Gasteiger partial charge is 0.0300 e. The average molecular weight is 220 g/mol. The Morgan fingerprint density at radius 3 is 2.69 bits per heavy atom. The summed E-state index contributed by atoms with van der Waals surface area (Å²) < 4.78 is 0. The van der Waals surface area contributed by atoms with Crippen LogP contribution in [0.5, 0.6) is 0 Å². The first kappa shape index (κ1) is 13.2. The molecule has 0 fully saturated rings. The molecule has 0 saturated heterocycles. The predicted molar refractivity (Wildman–Crippen MR) is 69.5 cm³/mol. The van der Waals surface area contributed by atoms with Crippen LogP contribution in [0.4, 0.5) is 0 Å². The highest BCUT2D eigenvalue weighted by molar-refractivity contribution is 5.10. The first-order chi connectivity index (χ1) is 7.72. The minimum atomic E-state index is 0.594. The molecule has 0 saturated carbocycles. The summed E-state index contributed by atoms with van der Waals surface area (Å²) in [6, 6.07) is 4.77. The van der Waals surface area contributed by atoms with Crippen LogP contribution in [0.25, 0.3) is 0 Å². The van der Waals surface area contributed by atoms with E-state index in [1.165, 1.54) is 18.4 Å².